The van der Waals surface area contributed by atoms with E-state index in [-0.39, 0.29) is 5.41 Å². The lowest BCUT2D eigenvalue weighted by Crippen LogP contribution is -2.28. The minimum absolute atomic E-state index is 0.0334. The second-order valence-electron chi connectivity index (χ2n) is 5.85. The predicted octanol–water partition coefficient (Wildman–Crippen LogP) is 4.01. The standard InChI is InChI=1S/C15H24ClNO/c1-11(2)17-8-9-18-14-7-6-12(16)10-13(14)15(3,4)5/h6-7,10-11,17H,8-9H2,1-5H3. The summed E-state index contributed by atoms with van der Waals surface area (Å²) in [7, 11) is 0. The van der Waals surface area contributed by atoms with Crippen molar-refractivity contribution in [3.63, 3.8) is 0 Å². The summed E-state index contributed by atoms with van der Waals surface area (Å²) in [6.07, 6.45) is 0. The molecular weight excluding hydrogens is 246 g/mol. The Morgan fingerprint density at radius 1 is 1.28 bits per heavy atom. The molecule has 18 heavy (non-hydrogen) atoms. The minimum Gasteiger partial charge on any atom is -0.492 e. The molecule has 2 nitrogen and oxygen atoms in total. The molecule has 0 fully saturated rings. The van der Waals surface area contributed by atoms with Gasteiger partial charge < -0.3 is 10.1 Å². The van der Waals surface area contributed by atoms with Crippen LogP contribution in [0.3, 0.4) is 0 Å². The van der Waals surface area contributed by atoms with Crippen LogP contribution in [0.25, 0.3) is 0 Å². The molecule has 1 aromatic carbocycles. The van der Waals surface area contributed by atoms with Gasteiger partial charge in [0, 0.05) is 23.2 Å². The van der Waals surface area contributed by atoms with Gasteiger partial charge in [0.05, 0.1) is 0 Å². The Hall–Kier alpha value is -0.730. The number of benzene rings is 1. The molecule has 0 radical (unpaired) electrons. The molecule has 1 rings (SSSR count). The molecule has 1 aromatic rings. The fraction of sp³-hybridized carbons (Fsp3) is 0.600. The van der Waals surface area contributed by atoms with Gasteiger partial charge in [0.1, 0.15) is 12.4 Å². The highest BCUT2D eigenvalue weighted by Gasteiger charge is 2.19. The van der Waals surface area contributed by atoms with Crippen LogP contribution in [-0.2, 0) is 5.41 Å². The molecule has 0 aliphatic heterocycles. The van der Waals surface area contributed by atoms with E-state index in [1.165, 1.54) is 0 Å². The van der Waals surface area contributed by atoms with Gasteiger partial charge in [-0.1, -0.05) is 46.2 Å². The second-order valence-corrected chi connectivity index (χ2v) is 6.28. The van der Waals surface area contributed by atoms with Gasteiger partial charge >= 0.3 is 0 Å². The third-order valence-corrected chi connectivity index (χ3v) is 2.90. The molecule has 0 aromatic heterocycles. The summed E-state index contributed by atoms with van der Waals surface area (Å²) in [4.78, 5) is 0. The van der Waals surface area contributed by atoms with E-state index in [0.717, 1.165) is 22.9 Å². The lowest BCUT2D eigenvalue weighted by atomic mass is 9.86. The van der Waals surface area contributed by atoms with E-state index in [4.69, 9.17) is 16.3 Å². The molecule has 0 atom stereocenters. The average Bonchev–Trinajstić information content (AvgIpc) is 2.24. The molecule has 0 saturated heterocycles. The van der Waals surface area contributed by atoms with Crippen molar-refractivity contribution >= 4 is 11.6 Å². The number of halogens is 1. The third kappa shape index (κ3) is 4.87. The highest BCUT2D eigenvalue weighted by molar-refractivity contribution is 6.30. The third-order valence-electron chi connectivity index (χ3n) is 2.66. The van der Waals surface area contributed by atoms with Crippen molar-refractivity contribution in [3.8, 4) is 5.75 Å². The zero-order valence-corrected chi connectivity index (χ0v) is 12.8. The maximum Gasteiger partial charge on any atom is 0.123 e. The van der Waals surface area contributed by atoms with Crippen LogP contribution in [-0.4, -0.2) is 19.2 Å². The molecule has 0 bridgehead atoms. The maximum absolute atomic E-state index is 6.06. The number of ether oxygens (including phenoxy) is 1. The Kier molecular flexibility index (Phi) is 5.48. The Bertz CT molecular complexity index is 383. The van der Waals surface area contributed by atoms with Gasteiger partial charge in [-0.2, -0.15) is 0 Å². The number of nitrogens with one attached hydrogen (secondary N) is 1. The predicted molar refractivity (Wildman–Crippen MR) is 78.8 cm³/mol. The van der Waals surface area contributed by atoms with E-state index in [1.807, 2.05) is 18.2 Å². The zero-order chi connectivity index (χ0) is 13.8. The number of rotatable bonds is 5. The molecule has 0 aliphatic carbocycles. The van der Waals surface area contributed by atoms with Crippen LogP contribution in [0.1, 0.15) is 40.2 Å². The minimum atomic E-state index is 0.0334. The first kappa shape index (κ1) is 15.3. The Morgan fingerprint density at radius 2 is 1.94 bits per heavy atom. The Labute approximate surface area is 116 Å². The molecule has 102 valence electrons. The summed E-state index contributed by atoms with van der Waals surface area (Å²) in [5.41, 5.74) is 1.19. The van der Waals surface area contributed by atoms with Crippen LogP contribution in [0.2, 0.25) is 5.02 Å². The lowest BCUT2D eigenvalue weighted by Gasteiger charge is -2.23. The molecule has 3 heteroatoms. The van der Waals surface area contributed by atoms with Crippen molar-refractivity contribution in [2.75, 3.05) is 13.2 Å². The van der Waals surface area contributed by atoms with Gasteiger partial charge in [0.2, 0.25) is 0 Å². The van der Waals surface area contributed by atoms with Crippen LogP contribution in [0.15, 0.2) is 18.2 Å². The van der Waals surface area contributed by atoms with E-state index in [1.54, 1.807) is 0 Å². The molecule has 0 saturated carbocycles. The van der Waals surface area contributed by atoms with Crippen molar-refractivity contribution in [1.29, 1.82) is 0 Å². The van der Waals surface area contributed by atoms with Gasteiger partial charge in [-0.25, -0.2) is 0 Å². The molecule has 0 aliphatic rings. The molecule has 0 heterocycles. The first-order valence-corrected chi connectivity index (χ1v) is 6.84. The van der Waals surface area contributed by atoms with E-state index < -0.39 is 0 Å². The average molecular weight is 270 g/mol. The smallest absolute Gasteiger partial charge is 0.123 e. The molecule has 0 amide bonds. The summed E-state index contributed by atoms with van der Waals surface area (Å²) in [6, 6.07) is 6.31. The van der Waals surface area contributed by atoms with E-state index in [0.29, 0.717) is 12.6 Å². The Balaban J connectivity index is 2.70. The highest BCUT2D eigenvalue weighted by Crippen LogP contribution is 2.33. The second kappa shape index (κ2) is 6.44. The summed E-state index contributed by atoms with van der Waals surface area (Å²) in [5, 5.41) is 4.09. The first-order chi connectivity index (χ1) is 8.30. The van der Waals surface area contributed by atoms with Crippen molar-refractivity contribution in [3.05, 3.63) is 28.8 Å². The Morgan fingerprint density at radius 3 is 2.50 bits per heavy atom. The van der Waals surface area contributed by atoms with Crippen LogP contribution in [0, 0.1) is 0 Å². The van der Waals surface area contributed by atoms with Crippen LogP contribution >= 0.6 is 11.6 Å². The molecule has 1 N–H and O–H groups in total. The summed E-state index contributed by atoms with van der Waals surface area (Å²) in [6.45, 7) is 12.3. The zero-order valence-electron chi connectivity index (χ0n) is 12.0. The topological polar surface area (TPSA) is 21.3 Å². The number of hydrogen-bond acceptors (Lipinski definition) is 2. The number of hydrogen-bond donors (Lipinski definition) is 1. The SMILES string of the molecule is CC(C)NCCOc1ccc(Cl)cc1C(C)(C)C. The van der Waals surface area contributed by atoms with Gasteiger partial charge in [0.25, 0.3) is 0 Å². The monoisotopic (exact) mass is 269 g/mol. The van der Waals surface area contributed by atoms with Crippen molar-refractivity contribution in [2.45, 2.75) is 46.1 Å². The summed E-state index contributed by atoms with van der Waals surface area (Å²) < 4.78 is 5.85. The van der Waals surface area contributed by atoms with Crippen molar-refractivity contribution in [1.82, 2.24) is 5.32 Å². The largest absolute Gasteiger partial charge is 0.492 e. The molecule has 0 spiro atoms. The van der Waals surface area contributed by atoms with E-state index in [9.17, 15) is 0 Å². The summed E-state index contributed by atoms with van der Waals surface area (Å²) in [5.74, 6) is 0.928. The van der Waals surface area contributed by atoms with Crippen LogP contribution in [0.4, 0.5) is 0 Å². The van der Waals surface area contributed by atoms with Crippen LogP contribution in [0.5, 0.6) is 5.75 Å². The van der Waals surface area contributed by atoms with Gasteiger partial charge in [-0.05, 0) is 23.6 Å². The van der Waals surface area contributed by atoms with Gasteiger partial charge in [-0.3, -0.25) is 0 Å². The maximum atomic E-state index is 6.06. The van der Waals surface area contributed by atoms with Crippen LogP contribution < -0.4 is 10.1 Å². The van der Waals surface area contributed by atoms with E-state index >= 15 is 0 Å². The normalized spacial score (nSPS) is 11.9. The lowest BCUT2D eigenvalue weighted by molar-refractivity contribution is 0.301. The van der Waals surface area contributed by atoms with E-state index in [2.05, 4.69) is 39.9 Å². The highest BCUT2D eigenvalue weighted by atomic mass is 35.5. The van der Waals surface area contributed by atoms with Gasteiger partial charge in [-0.15, -0.1) is 0 Å². The first-order valence-electron chi connectivity index (χ1n) is 6.47. The fourth-order valence-electron chi connectivity index (χ4n) is 1.72. The van der Waals surface area contributed by atoms with Crippen molar-refractivity contribution < 1.29 is 4.74 Å². The molecule has 0 unspecified atom stereocenters. The molecular formula is C15H24ClNO. The van der Waals surface area contributed by atoms with Crippen molar-refractivity contribution in [2.24, 2.45) is 0 Å². The van der Waals surface area contributed by atoms with Gasteiger partial charge in [0.15, 0.2) is 0 Å². The summed E-state index contributed by atoms with van der Waals surface area (Å²) >= 11 is 6.06. The quantitative estimate of drug-likeness (QED) is 0.816. The fourth-order valence-corrected chi connectivity index (χ4v) is 1.89.